The highest BCUT2D eigenvalue weighted by molar-refractivity contribution is 7.98. The quantitative estimate of drug-likeness (QED) is 0.787. The molecular formula is C13H14FN3O2S. The number of nitrogens with zero attached hydrogens (tertiary/aromatic N) is 2. The summed E-state index contributed by atoms with van der Waals surface area (Å²) in [4.78, 5) is 15.2. The Kier molecular flexibility index (Phi) is 4.75. The van der Waals surface area contributed by atoms with E-state index >= 15 is 0 Å². The lowest BCUT2D eigenvalue weighted by Gasteiger charge is -2.08. The maximum Gasteiger partial charge on any atom is 0.237 e. The summed E-state index contributed by atoms with van der Waals surface area (Å²) >= 11 is 1.29. The minimum atomic E-state index is -0.523. The average Bonchev–Trinajstić information content (AvgIpc) is 2.79. The molecule has 0 aliphatic carbocycles. The summed E-state index contributed by atoms with van der Waals surface area (Å²) in [5.74, 6) is -0.423. The molecule has 0 unspecified atom stereocenters. The van der Waals surface area contributed by atoms with Gasteiger partial charge in [-0.25, -0.2) is 9.37 Å². The normalized spacial score (nSPS) is 10.7. The van der Waals surface area contributed by atoms with Crippen molar-refractivity contribution in [3.05, 3.63) is 47.5 Å². The molecule has 0 saturated heterocycles. The Morgan fingerprint density at radius 2 is 2.20 bits per heavy atom. The Morgan fingerprint density at radius 3 is 2.85 bits per heavy atom. The van der Waals surface area contributed by atoms with Gasteiger partial charge in [-0.2, -0.15) is 0 Å². The molecule has 1 heterocycles. The van der Waals surface area contributed by atoms with Crippen LogP contribution in [0.3, 0.4) is 0 Å². The van der Waals surface area contributed by atoms with Gasteiger partial charge in [0.1, 0.15) is 12.4 Å². The van der Waals surface area contributed by atoms with Gasteiger partial charge in [-0.15, -0.1) is 0 Å². The van der Waals surface area contributed by atoms with Gasteiger partial charge < -0.3 is 15.4 Å². The van der Waals surface area contributed by atoms with Crippen molar-refractivity contribution in [1.82, 2.24) is 9.55 Å². The van der Waals surface area contributed by atoms with Crippen LogP contribution in [0.1, 0.15) is 11.3 Å². The third-order valence-corrected chi connectivity index (χ3v) is 3.73. The smallest absolute Gasteiger partial charge is 0.237 e. The van der Waals surface area contributed by atoms with Gasteiger partial charge in [0.05, 0.1) is 18.5 Å². The second kappa shape index (κ2) is 6.53. The predicted octanol–water partition coefficient (Wildman–Crippen LogP) is 1.29. The zero-order chi connectivity index (χ0) is 14.5. The monoisotopic (exact) mass is 295 g/mol. The van der Waals surface area contributed by atoms with Crippen molar-refractivity contribution in [2.24, 2.45) is 5.73 Å². The lowest BCUT2D eigenvalue weighted by molar-refractivity contribution is -0.118. The summed E-state index contributed by atoms with van der Waals surface area (Å²) in [5.41, 5.74) is 6.22. The Balaban J connectivity index is 2.15. The number of carbonyl (C=O) groups excluding carboxylic acids is 1. The lowest BCUT2D eigenvalue weighted by Crippen LogP contribution is -2.20. The van der Waals surface area contributed by atoms with E-state index in [-0.39, 0.29) is 19.0 Å². The van der Waals surface area contributed by atoms with E-state index in [0.29, 0.717) is 22.2 Å². The molecule has 7 heteroatoms. The molecule has 0 saturated carbocycles. The van der Waals surface area contributed by atoms with Crippen LogP contribution in [0.4, 0.5) is 4.39 Å². The number of thioether (sulfide) groups is 1. The predicted molar refractivity (Wildman–Crippen MR) is 73.3 cm³/mol. The van der Waals surface area contributed by atoms with E-state index in [1.54, 1.807) is 18.2 Å². The van der Waals surface area contributed by atoms with Crippen molar-refractivity contribution in [3.8, 4) is 0 Å². The van der Waals surface area contributed by atoms with Crippen molar-refractivity contribution < 1.29 is 14.3 Å². The molecular weight excluding hydrogens is 281 g/mol. The van der Waals surface area contributed by atoms with Gasteiger partial charge in [-0.1, -0.05) is 30.0 Å². The number of benzene rings is 1. The highest BCUT2D eigenvalue weighted by Gasteiger charge is 2.12. The molecule has 2 aromatic rings. The lowest BCUT2D eigenvalue weighted by atomic mass is 10.2. The number of aromatic nitrogens is 2. The van der Waals surface area contributed by atoms with Gasteiger partial charge in [-0.05, 0) is 11.6 Å². The zero-order valence-corrected chi connectivity index (χ0v) is 11.4. The summed E-state index contributed by atoms with van der Waals surface area (Å²) < 4.78 is 15.1. The molecule has 0 aliphatic rings. The Labute approximate surface area is 119 Å². The topological polar surface area (TPSA) is 81.1 Å². The summed E-state index contributed by atoms with van der Waals surface area (Å²) in [7, 11) is 0. The minimum absolute atomic E-state index is 0.0600. The van der Waals surface area contributed by atoms with Crippen LogP contribution in [-0.4, -0.2) is 20.6 Å². The zero-order valence-electron chi connectivity index (χ0n) is 10.6. The third-order valence-electron chi connectivity index (χ3n) is 2.69. The number of halogens is 1. The van der Waals surface area contributed by atoms with Crippen molar-refractivity contribution in [2.75, 3.05) is 0 Å². The Morgan fingerprint density at radius 1 is 1.45 bits per heavy atom. The highest BCUT2D eigenvalue weighted by atomic mass is 32.2. The second-order valence-corrected chi connectivity index (χ2v) is 5.07. The van der Waals surface area contributed by atoms with E-state index in [1.807, 2.05) is 0 Å². The second-order valence-electron chi connectivity index (χ2n) is 4.12. The number of carbonyl (C=O) groups is 1. The number of aliphatic hydroxyl groups excluding tert-OH is 1. The van der Waals surface area contributed by atoms with Crippen molar-refractivity contribution >= 4 is 17.7 Å². The molecule has 106 valence electrons. The maximum absolute atomic E-state index is 13.5. The number of nitrogens with two attached hydrogens (primary N) is 1. The molecule has 1 amide bonds. The number of rotatable bonds is 6. The van der Waals surface area contributed by atoms with E-state index in [4.69, 9.17) is 5.73 Å². The first-order valence-electron chi connectivity index (χ1n) is 5.91. The van der Waals surface area contributed by atoms with Gasteiger partial charge in [0.2, 0.25) is 5.91 Å². The molecule has 2 rings (SSSR count). The molecule has 0 atom stereocenters. The van der Waals surface area contributed by atoms with E-state index in [1.165, 1.54) is 28.6 Å². The first-order valence-corrected chi connectivity index (χ1v) is 6.90. The van der Waals surface area contributed by atoms with Gasteiger partial charge in [0.25, 0.3) is 0 Å². The van der Waals surface area contributed by atoms with Crippen LogP contribution in [0.15, 0.2) is 35.6 Å². The summed E-state index contributed by atoms with van der Waals surface area (Å²) in [6, 6.07) is 6.47. The number of aliphatic hydroxyl groups is 1. The SMILES string of the molecule is NC(=O)Cn1c(CO)cnc1SCc1ccccc1F. The molecule has 0 spiro atoms. The first-order chi connectivity index (χ1) is 9.61. The van der Waals surface area contributed by atoms with Crippen molar-refractivity contribution in [1.29, 1.82) is 0 Å². The number of imidazole rings is 1. The van der Waals surface area contributed by atoms with E-state index in [0.717, 1.165) is 0 Å². The highest BCUT2D eigenvalue weighted by Crippen LogP contribution is 2.24. The number of primary amides is 1. The number of amides is 1. The number of hydrogen-bond acceptors (Lipinski definition) is 4. The molecule has 0 bridgehead atoms. The minimum Gasteiger partial charge on any atom is -0.390 e. The summed E-state index contributed by atoms with van der Waals surface area (Å²) in [6.45, 7) is -0.296. The van der Waals surface area contributed by atoms with Crippen LogP contribution >= 0.6 is 11.8 Å². The Hall–Kier alpha value is -1.86. The molecule has 1 aromatic carbocycles. The first kappa shape index (κ1) is 14.5. The number of hydrogen-bond donors (Lipinski definition) is 2. The van der Waals surface area contributed by atoms with E-state index in [2.05, 4.69) is 4.98 Å². The van der Waals surface area contributed by atoms with Gasteiger partial charge in [0.15, 0.2) is 5.16 Å². The molecule has 20 heavy (non-hydrogen) atoms. The molecule has 0 aliphatic heterocycles. The van der Waals surface area contributed by atoms with Crippen LogP contribution in [0.25, 0.3) is 0 Å². The maximum atomic E-state index is 13.5. The Bertz CT molecular complexity index is 615. The fourth-order valence-corrected chi connectivity index (χ4v) is 2.70. The summed E-state index contributed by atoms with van der Waals surface area (Å²) in [5, 5.41) is 9.72. The van der Waals surface area contributed by atoms with Crippen molar-refractivity contribution in [2.45, 2.75) is 24.1 Å². The fourth-order valence-electron chi connectivity index (χ4n) is 1.72. The molecule has 0 radical (unpaired) electrons. The van der Waals surface area contributed by atoms with Gasteiger partial charge >= 0.3 is 0 Å². The van der Waals surface area contributed by atoms with Crippen LogP contribution in [0, 0.1) is 5.82 Å². The molecule has 1 aromatic heterocycles. The molecule has 3 N–H and O–H groups in total. The molecule has 0 fully saturated rings. The van der Waals surface area contributed by atoms with Gasteiger partial charge in [-0.3, -0.25) is 4.79 Å². The van der Waals surface area contributed by atoms with Gasteiger partial charge in [0, 0.05) is 5.75 Å². The largest absolute Gasteiger partial charge is 0.390 e. The van der Waals surface area contributed by atoms with Crippen LogP contribution in [0.5, 0.6) is 0 Å². The fraction of sp³-hybridized carbons (Fsp3) is 0.231. The van der Waals surface area contributed by atoms with Crippen LogP contribution in [-0.2, 0) is 23.7 Å². The van der Waals surface area contributed by atoms with Crippen LogP contribution < -0.4 is 5.73 Å². The third kappa shape index (κ3) is 3.37. The molecule has 5 nitrogen and oxygen atoms in total. The average molecular weight is 295 g/mol. The van der Waals surface area contributed by atoms with E-state index < -0.39 is 5.91 Å². The van der Waals surface area contributed by atoms with Crippen molar-refractivity contribution in [3.63, 3.8) is 0 Å². The standard InChI is InChI=1S/C13H14FN3O2S/c14-11-4-2-1-3-9(11)8-20-13-16-5-10(7-18)17(13)6-12(15)19/h1-5,18H,6-8H2,(H2,15,19). The van der Waals surface area contributed by atoms with Crippen LogP contribution in [0.2, 0.25) is 0 Å². The van der Waals surface area contributed by atoms with E-state index in [9.17, 15) is 14.3 Å². The summed E-state index contributed by atoms with van der Waals surface area (Å²) in [6.07, 6.45) is 1.48.